The molecule has 0 amide bonds. The third kappa shape index (κ3) is 1.78. The fourth-order valence-corrected chi connectivity index (χ4v) is 1.85. The minimum absolute atomic E-state index is 0.0722. The molecule has 1 aromatic rings. The Labute approximate surface area is 87.0 Å². The van der Waals surface area contributed by atoms with Crippen molar-refractivity contribution in [3.05, 3.63) is 12.2 Å². The number of anilines is 2. The van der Waals surface area contributed by atoms with Gasteiger partial charge in [-0.15, -0.1) is 0 Å². The number of hydrogen-bond donors (Lipinski definition) is 1. The molecule has 1 fully saturated rings. The maximum Gasteiger partial charge on any atom is 0.221 e. The fraction of sp³-hybridized carbons (Fsp3) is 0.600. The van der Waals surface area contributed by atoms with E-state index in [0.29, 0.717) is 11.9 Å². The average molecular weight is 194 g/mol. The lowest BCUT2D eigenvalue weighted by molar-refractivity contribution is 0.481. The lowest BCUT2D eigenvalue weighted by atomic mass is 10.0. The Balaban J connectivity index is 2.38. The molecule has 1 aliphatic rings. The van der Waals surface area contributed by atoms with Crippen molar-refractivity contribution in [2.75, 3.05) is 17.2 Å². The van der Waals surface area contributed by atoms with Crippen LogP contribution < -0.4 is 10.6 Å². The highest BCUT2D eigenvalue weighted by molar-refractivity contribution is 5.42. The van der Waals surface area contributed by atoms with Gasteiger partial charge in [-0.05, 0) is 32.2 Å². The minimum Gasteiger partial charge on any atom is -0.368 e. The normalized spacial score (nSPS) is 24.4. The van der Waals surface area contributed by atoms with Gasteiger partial charge in [0.15, 0.2) is 0 Å². The molecule has 0 aliphatic carbocycles. The summed E-state index contributed by atoms with van der Waals surface area (Å²) in [7, 11) is 0. The van der Waals surface area contributed by atoms with Crippen LogP contribution in [0.1, 0.15) is 28.9 Å². The Bertz CT molecular complexity index is 397. The van der Waals surface area contributed by atoms with Crippen LogP contribution in [0.2, 0.25) is 0 Å². The molecule has 1 atom stereocenters. The first-order valence-electron chi connectivity index (χ1n) is 5.97. The molecule has 0 spiro atoms. The second-order valence-corrected chi connectivity index (χ2v) is 3.68. The summed E-state index contributed by atoms with van der Waals surface area (Å²) >= 11 is 0. The first kappa shape index (κ1) is 7.04. The van der Waals surface area contributed by atoms with Crippen LogP contribution in [0.5, 0.6) is 0 Å². The topological polar surface area (TPSA) is 55.0 Å². The van der Waals surface area contributed by atoms with Crippen LogP contribution in [0.15, 0.2) is 12.2 Å². The predicted molar refractivity (Wildman–Crippen MR) is 57.1 cm³/mol. The zero-order chi connectivity index (χ0) is 11.7. The molecular weight excluding hydrogens is 176 g/mol. The quantitative estimate of drug-likeness (QED) is 0.735. The highest BCUT2D eigenvalue weighted by Gasteiger charge is 2.19. The largest absolute Gasteiger partial charge is 0.368 e. The van der Waals surface area contributed by atoms with Gasteiger partial charge in [-0.25, -0.2) is 4.98 Å². The standard InChI is InChI=1S/C10H16N4/c1-8-4-2-3-7-14(8)9-5-6-12-10(11)13-9/h5-6,8H,2-4,7H2,1H3,(H2,11,12,13)/i5D,6D. The van der Waals surface area contributed by atoms with Crippen molar-refractivity contribution in [1.82, 2.24) is 9.97 Å². The summed E-state index contributed by atoms with van der Waals surface area (Å²) in [4.78, 5) is 9.82. The zero-order valence-electron chi connectivity index (χ0n) is 10.3. The van der Waals surface area contributed by atoms with Crippen LogP contribution in [0.25, 0.3) is 0 Å². The van der Waals surface area contributed by atoms with E-state index in [9.17, 15) is 0 Å². The SMILES string of the molecule is [2H]c1nc(N)nc(N2CCCCC2C)c1[2H]. The molecule has 0 radical (unpaired) electrons. The van der Waals surface area contributed by atoms with Gasteiger partial charge in [-0.3, -0.25) is 0 Å². The fourth-order valence-electron chi connectivity index (χ4n) is 1.85. The summed E-state index contributed by atoms with van der Waals surface area (Å²) < 4.78 is 15.3. The number of aromatic nitrogens is 2. The number of nitrogen functional groups attached to an aromatic ring is 1. The smallest absolute Gasteiger partial charge is 0.221 e. The Morgan fingerprint density at radius 2 is 2.50 bits per heavy atom. The number of piperidine rings is 1. The molecule has 4 heteroatoms. The average Bonchev–Trinajstić information content (AvgIpc) is 2.24. The van der Waals surface area contributed by atoms with Gasteiger partial charge < -0.3 is 10.6 Å². The number of nitrogens with zero attached hydrogens (tertiary/aromatic N) is 3. The number of rotatable bonds is 1. The summed E-state index contributed by atoms with van der Waals surface area (Å²) in [6.07, 6.45) is 3.30. The molecule has 1 saturated heterocycles. The lowest BCUT2D eigenvalue weighted by Gasteiger charge is -2.34. The zero-order valence-corrected chi connectivity index (χ0v) is 8.32. The van der Waals surface area contributed by atoms with E-state index in [4.69, 9.17) is 8.48 Å². The third-order valence-electron chi connectivity index (χ3n) is 2.63. The first-order chi connectivity index (χ1) is 7.59. The van der Waals surface area contributed by atoms with Gasteiger partial charge in [0.1, 0.15) is 5.82 Å². The van der Waals surface area contributed by atoms with Crippen molar-refractivity contribution in [2.45, 2.75) is 32.2 Å². The van der Waals surface area contributed by atoms with E-state index in [-0.39, 0.29) is 18.2 Å². The molecule has 0 bridgehead atoms. The summed E-state index contributed by atoms with van der Waals surface area (Å²) in [5.41, 5.74) is 5.53. The van der Waals surface area contributed by atoms with Gasteiger partial charge in [0.25, 0.3) is 0 Å². The monoisotopic (exact) mass is 194 g/mol. The van der Waals surface area contributed by atoms with Crippen molar-refractivity contribution in [3.63, 3.8) is 0 Å². The molecular formula is C10H16N4. The molecule has 1 aromatic heterocycles. The minimum atomic E-state index is -0.0970. The van der Waals surface area contributed by atoms with E-state index in [1.54, 1.807) is 0 Å². The third-order valence-corrected chi connectivity index (χ3v) is 2.63. The van der Waals surface area contributed by atoms with E-state index in [1.165, 1.54) is 6.42 Å². The molecule has 76 valence electrons. The Kier molecular flexibility index (Phi) is 1.92. The van der Waals surface area contributed by atoms with Gasteiger partial charge in [0.2, 0.25) is 5.95 Å². The van der Waals surface area contributed by atoms with Crippen LogP contribution in [0.4, 0.5) is 11.8 Å². The number of hydrogen-bond acceptors (Lipinski definition) is 4. The van der Waals surface area contributed by atoms with Crippen LogP contribution >= 0.6 is 0 Å². The Morgan fingerprint density at radius 3 is 3.29 bits per heavy atom. The predicted octanol–water partition coefficient (Wildman–Crippen LogP) is 1.44. The van der Waals surface area contributed by atoms with Gasteiger partial charge in [0.05, 0.1) is 2.74 Å². The summed E-state index contributed by atoms with van der Waals surface area (Å²) in [6.45, 7) is 2.99. The highest BCUT2D eigenvalue weighted by atomic mass is 15.2. The summed E-state index contributed by atoms with van der Waals surface area (Å²) in [5, 5.41) is 0. The maximum atomic E-state index is 7.81. The lowest BCUT2D eigenvalue weighted by Crippen LogP contribution is -2.38. The van der Waals surface area contributed by atoms with Crippen LogP contribution in [0, 0.1) is 0 Å². The molecule has 2 rings (SSSR count). The van der Waals surface area contributed by atoms with Crippen LogP contribution in [0.3, 0.4) is 0 Å². The molecule has 1 unspecified atom stereocenters. The van der Waals surface area contributed by atoms with E-state index in [0.717, 1.165) is 19.4 Å². The van der Waals surface area contributed by atoms with Crippen molar-refractivity contribution in [2.24, 2.45) is 0 Å². The molecule has 14 heavy (non-hydrogen) atoms. The summed E-state index contributed by atoms with van der Waals surface area (Å²) in [6, 6.07) is 0.425. The van der Waals surface area contributed by atoms with E-state index >= 15 is 0 Å². The molecule has 2 heterocycles. The van der Waals surface area contributed by atoms with Crippen molar-refractivity contribution in [3.8, 4) is 0 Å². The van der Waals surface area contributed by atoms with Crippen LogP contribution in [-0.4, -0.2) is 22.6 Å². The molecule has 0 saturated carbocycles. The van der Waals surface area contributed by atoms with Crippen LogP contribution in [-0.2, 0) is 0 Å². The maximum absolute atomic E-state index is 7.81. The second-order valence-electron chi connectivity index (χ2n) is 3.68. The van der Waals surface area contributed by atoms with Gasteiger partial charge in [0, 0.05) is 18.8 Å². The molecule has 4 nitrogen and oxygen atoms in total. The Morgan fingerprint density at radius 1 is 1.64 bits per heavy atom. The van der Waals surface area contributed by atoms with Gasteiger partial charge >= 0.3 is 0 Å². The summed E-state index contributed by atoms with van der Waals surface area (Å²) in [5.74, 6) is 0.582. The number of nitrogens with two attached hydrogens (primary N) is 1. The highest BCUT2D eigenvalue weighted by Crippen LogP contribution is 2.22. The Hall–Kier alpha value is -1.32. The second kappa shape index (κ2) is 3.82. The van der Waals surface area contributed by atoms with Gasteiger partial charge in [-0.2, -0.15) is 4.98 Å². The van der Waals surface area contributed by atoms with E-state index in [1.807, 2.05) is 0 Å². The van der Waals surface area contributed by atoms with E-state index in [2.05, 4.69) is 21.8 Å². The van der Waals surface area contributed by atoms with E-state index < -0.39 is 0 Å². The molecule has 0 aromatic carbocycles. The van der Waals surface area contributed by atoms with Crippen molar-refractivity contribution >= 4 is 11.8 Å². The van der Waals surface area contributed by atoms with Gasteiger partial charge in [-0.1, -0.05) is 0 Å². The molecule has 2 N–H and O–H groups in total. The first-order valence-corrected chi connectivity index (χ1v) is 4.97. The molecule has 1 aliphatic heterocycles. The van der Waals surface area contributed by atoms with Crippen molar-refractivity contribution in [1.29, 1.82) is 0 Å². The van der Waals surface area contributed by atoms with Crippen molar-refractivity contribution < 1.29 is 2.74 Å².